The van der Waals surface area contributed by atoms with Crippen LogP contribution in [0.1, 0.15) is 30.5 Å². The SMILES string of the molecule is Cc1ccc(CC(C)(C)O)c(C)c1. The van der Waals surface area contributed by atoms with Gasteiger partial charge < -0.3 is 5.11 Å². The molecule has 0 saturated heterocycles. The normalized spacial score (nSPS) is 11.8. The van der Waals surface area contributed by atoms with Gasteiger partial charge in [0.1, 0.15) is 0 Å². The fraction of sp³-hybridized carbons (Fsp3) is 0.500. The molecule has 72 valence electrons. The van der Waals surface area contributed by atoms with E-state index in [1.807, 2.05) is 13.8 Å². The van der Waals surface area contributed by atoms with Crippen molar-refractivity contribution in [2.24, 2.45) is 0 Å². The van der Waals surface area contributed by atoms with Crippen LogP contribution in [0.15, 0.2) is 18.2 Å². The number of hydrogen-bond acceptors (Lipinski definition) is 1. The molecule has 1 nitrogen and oxygen atoms in total. The minimum atomic E-state index is -0.611. The molecule has 1 aromatic rings. The maximum absolute atomic E-state index is 9.66. The summed E-state index contributed by atoms with van der Waals surface area (Å²) in [6.07, 6.45) is 0.721. The van der Waals surface area contributed by atoms with Gasteiger partial charge >= 0.3 is 0 Å². The topological polar surface area (TPSA) is 20.2 Å². The minimum Gasteiger partial charge on any atom is -0.390 e. The molecule has 0 spiro atoms. The second kappa shape index (κ2) is 3.51. The van der Waals surface area contributed by atoms with Crippen molar-refractivity contribution >= 4 is 0 Å². The van der Waals surface area contributed by atoms with Gasteiger partial charge in [0.05, 0.1) is 5.60 Å². The lowest BCUT2D eigenvalue weighted by atomic mass is 9.94. The molecule has 0 bridgehead atoms. The van der Waals surface area contributed by atoms with Crippen molar-refractivity contribution in [2.45, 2.75) is 39.7 Å². The summed E-state index contributed by atoms with van der Waals surface area (Å²) in [4.78, 5) is 0. The van der Waals surface area contributed by atoms with Crippen molar-refractivity contribution < 1.29 is 5.11 Å². The molecular formula is C12H18O. The smallest absolute Gasteiger partial charge is 0.0632 e. The Hall–Kier alpha value is -0.820. The predicted octanol–water partition coefficient (Wildman–Crippen LogP) is 2.62. The van der Waals surface area contributed by atoms with E-state index in [1.54, 1.807) is 0 Å². The summed E-state index contributed by atoms with van der Waals surface area (Å²) < 4.78 is 0. The van der Waals surface area contributed by atoms with E-state index >= 15 is 0 Å². The van der Waals surface area contributed by atoms with Crippen molar-refractivity contribution in [3.05, 3.63) is 34.9 Å². The highest BCUT2D eigenvalue weighted by molar-refractivity contribution is 5.31. The molecule has 0 aromatic heterocycles. The Morgan fingerprint density at radius 1 is 1.23 bits per heavy atom. The molecule has 13 heavy (non-hydrogen) atoms. The highest BCUT2D eigenvalue weighted by Gasteiger charge is 2.14. The molecule has 0 aliphatic carbocycles. The van der Waals surface area contributed by atoms with Gasteiger partial charge in [0.2, 0.25) is 0 Å². The number of aliphatic hydroxyl groups is 1. The average Bonchev–Trinajstić information content (AvgIpc) is 1.93. The fourth-order valence-corrected chi connectivity index (χ4v) is 1.51. The molecule has 0 amide bonds. The Labute approximate surface area is 80.4 Å². The second-order valence-electron chi connectivity index (χ2n) is 4.42. The predicted molar refractivity (Wildman–Crippen MR) is 55.9 cm³/mol. The van der Waals surface area contributed by atoms with Crippen molar-refractivity contribution in [1.82, 2.24) is 0 Å². The summed E-state index contributed by atoms with van der Waals surface area (Å²) in [5.41, 5.74) is 3.16. The number of hydrogen-bond donors (Lipinski definition) is 1. The Morgan fingerprint density at radius 2 is 1.85 bits per heavy atom. The zero-order chi connectivity index (χ0) is 10.1. The lowest BCUT2D eigenvalue weighted by molar-refractivity contribution is 0.0808. The Bertz CT molecular complexity index is 294. The largest absolute Gasteiger partial charge is 0.390 e. The molecule has 0 saturated carbocycles. The monoisotopic (exact) mass is 178 g/mol. The van der Waals surface area contributed by atoms with Crippen molar-refractivity contribution in [3.8, 4) is 0 Å². The molecule has 1 rings (SSSR count). The van der Waals surface area contributed by atoms with Gasteiger partial charge in [-0.05, 0) is 38.8 Å². The van der Waals surface area contributed by atoms with Crippen molar-refractivity contribution in [3.63, 3.8) is 0 Å². The van der Waals surface area contributed by atoms with E-state index in [2.05, 4.69) is 32.0 Å². The van der Waals surface area contributed by atoms with Crippen LogP contribution < -0.4 is 0 Å². The van der Waals surface area contributed by atoms with E-state index in [-0.39, 0.29) is 0 Å². The molecule has 0 aliphatic heterocycles. The van der Waals surface area contributed by atoms with Crippen LogP contribution in [0, 0.1) is 13.8 Å². The third-order valence-corrected chi connectivity index (χ3v) is 2.12. The van der Waals surface area contributed by atoms with Crippen LogP contribution in [0.3, 0.4) is 0 Å². The summed E-state index contributed by atoms with van der Waals surface area (Å²) in [7, 11) is 0. The van der Waals surface area contributed by atoms with Crippen molar-refractivity contribution in [1.29, 1.82) is 0 Å². The van der Waals surface area contributed by atoms with Crippen LogP contribution in [-0.4, -0.2) is 10.7 Å². The van der Waals surface area contributed by atoms with Crippen LogP contribution in [0.25, 0.3) is 0 Å². The zero-order valence-corrected chi connectivity index (χ0v) is 8.89. The third-order valence-electron chi connectivity index (χ3n) is 2.12. The van der Waals surface area contributed by atoms with E-state index in [0.29, 0.717) is 0 Å². The summed E-state index contributed by atoms with van der Waals surface area (Å²) in [5.74, 6) is 0. The maximum Gasteiger partial charge on any atom is 0.0632 e. The zero-order valence-electron chi connectivity index (χ0n) is 8.89. The first-order chi connectivity index (χ1) is 5.88. The quantitative estimate of drug-likeness (QED) is 0.738. The van der Waals surface area contributed by atoms with Crippen LogP contribution in [-0.2, 0) is 6.42 Å². The van der Waals surface area contributed by atoms with Crippen LogP contribution in [0.4, 0.5) is 0 Å². The van der Waals surface area contributed by atoms with Gasteiger partial charge in [-0.15, -0.1) is 0 Å². The van der Waals surface area contributed by atoms with Gasteiger partial charge in [0.25, 0.3) is 0 Å². The van der Waals surface area contributed by atoms with Gasteiger partial charge in [-0.25, -0.2) is 0 Å². The molecule has 0 aliphatic rings. The summed E-state index contributed by atoms with van der Waals surface area (Å²) in [6.45, 7) is 7.85. The van der Waals surface area contributed by atoms with E-state index in [0.717, 1.165) is 6.42 Å². The first-order valence-electron chi connectivity index (χ1n) is 4.67. The van der Waals surface area contributed by atoms with Gasteiger partial charge in [0.15, 0.2) is 0 Å². The lowest BCUT2D eigenvalue weighted by Crippen LogP contribution is -2.22. The van der Waals surface area contributed by atoms with Gasteiger partial charge in [0, 0.05) is 6.42 Å². The van der Waals surface area contributed by atoms with Crippen LogP contribution in [0.5, 0.6) is 0 Å². The molecule has 0 heterocycles. The molecule has 0 atom stereocenters. The minimum absolute atomic E-state index is 0.611. The Morgan fingerprint density at radius 3 is 2.31 bits per heavy atom. The van der Waals surface area contributed by atoms with E-state index < -0.39 is 5.60 Å². The number of rotatable bonds is 2. The van der Waals surface area contributed by atoms with Gasteiger partial charge in [-0.2, -0.15) is 0 Å². The second-order valence-corrected chi connectivity index (χ2v) is 4.42. The third kappa shape index (κ3) is 3.19. The Balaban J connectivity index is 2.90. The van der Waals surface area contributed by atoms with Crippen molar-refractivity contribution in [2.75, 3.05) is 0 Å². The van der Waals surface area contributed by atoms with Crippen LogP contribution >= 0.6 is 0 Å². The van der Waals surface area contributed by atoms with Gasteiger partial charge in [-0.1, -0.05) is 23.8 Å². The molecule has 1 N–H and O–H groups in total. The Kier molecular flexibility index (Phi) is 2.77. The molecule has 1 heteroatoms. The number of aryl methyl sites for hydroxylation is 2. The van der Waals surface area contributed by atoms with E-state index in [9.17, 15) is 5.11 Å². The van der Waals surface area contributed by atoms with E-state index in [4.69, 9.17) is 0 Å². The van der Waals surface area contributed by atoms with E-state index in [1.165, 1.54) is 16.7 Å². The average molecular weight is 178 g/mol. The molecule has 0 fully saturated rings. The maximum atomic E-state index is 9.66. The summed E-state index contributed by atoms with van der Waals surface area (Å²) in [5, 5.41) is 9.66. The first kappa shape index (κ1) is 10.3. The molecular weight excluding hydrogens is 160 g/mol. The van der Waals surface area contributed by atoms with Crippen LogP contribution in [0.2, 0.25) is 0 Å². The summed E-state index contributed by atoms with van der Waals surface area (Å²) in [6, 6.07) is 6.35. The summed E-state index contributed by atoms with van der Waals surface area (Å²) >= 11 is 0. The fourth-order valence-electron chi connectivity index (χ4n) is 1.51. The first-order valence-corrected chi connectivity index (χ1v) is 4.67. The standard InChI is InChI=1S/C12H18O/c1-9-5-6-11(10(2)7-9)8-12(3,4)13/h5-7,13H,8H2,1-4H3. The lowest BCUT2D eigenvalue weighted by Gasteiger charge is -2.18. The molecule has 0 radical (unpaired) electrons. The highest BCUT2D eigenvalue weighted by atomic mass is 16.3. The number of benzene rings is 1. The molecule has 0 unspecified atom stereocenters. The van der Waals surface area contributed by atoms with Gasteiger partial charge in [-0.3, -0.25) is 0 Å². The molecule has 1 aromatic carbocycles. The highest BCUT2D eigenvalue weighted by Crippen LogP contribution is 2.17.